The standard InChI is InChI=1S/C28H32F2IN3O/c29-28(30)11-15-34(16-12-28)25-18-21(4-6-22(25)19-1-2-19)32-26(35)23-5-3-20(31)17-24(23)33-13-9-27(7-8-27)10-14-33/h3-6,17-19H,1-2,7-16H2,(H,32,35). The summed E-state index contributed by atoms with van der Waals surface area (Å²) in [6, 6.07) is 12.1. The van der Waals surface area contributed by atoms with Crippen molar-refractivity contribution in [3.63, 3.8) is 0 Å². The quantitative estimate of drug-likeness (QED) is 0.379. The molecule has 2 saturated carbocycles. The van der Waals surface area contributed by atoms with Gasteiger partial charge in [-0.15, -0.1) is 0 Å². The number of rotatable bonds is 5. The van der Waals surface area contributed by atoms with Gasteiger partial charge in [0.05, 0.1) is 11.3 Å². The molecule has 186 valence electrons. The Bertz CT molecular complexity index is 1130. The predicted molar refractivity (Wildman–Crippen MR) is 145 cm³/mol. The van der Waals surface area contributed by atoms with Crippen LogP contribution in [0.1, 0.15) is 73.2 Å². The number of amides is 1. The van der Waals surface area contributed by atoms with Gasteiger partial charge in [0.2, 0.25) is 0 Å². The summed E-state index contributed by atoms with van der Waals surface area (Å²) < 4.78 is 28.7. The van der Waals surface area contributed by atoms with Crippen molar-refractivity contribution in [3.8, 4) is 0 Å². The van der Waals surface area contributed by atoms with Crippen LogP contribution in [0.3, 0.4) is 0 Å². The number of alkyl halides is 2. The molecule has 1 spiro atoms. The first-order valence-electron chi connectivity index (χ1n) is 12.9. The Balaban J connectivity index is 1.23. The fourth-order valence-corrected chi connectivity index (χ4v) is 6.24. The highest BCUT2D eigenvalue weighted by atomic mass is 127. The first-order valence-corrected chi connectivity index (χ1v) is 14.0. The molecule has 2 aromatic rings. The monoisotopic (exact) mass is 591 g/mol. The molecule has 2 heterocycles. The highest BCUT2D eigenvalue weighted by Crippen LogP contribution is 2.54. The smallest absolute Gasteiger partial charge is 0.257 e. The van der Waals surface area contributed by atoms with Crippen molar-refractivity contribution in [2.24, 2.45) is 5.41 Å². The van der Waals surface area contributed by atoms with Crippen molar-refractivity contribution in [2.75, 3.05) is 41.3 Å². The van der Waals surface area contributed by atoms with E-state index in [2.05, 4.69) is 49.8 Å². The molecule has 2 aliphatic carbocycles. The highest BCUT2D eigenvalue weighted by molar-refractivity contribution is 14.1. The number of piperidine rings is 2. The molecule has 6 rings (SSSR count). The van der Waals surface area contributed by atoms with Crippen molar-refractivity contribution < 1.29 is 13.6 Å². The molecule has 4 fully saturated rings. The summed E-state index contributed by atoms with van der Waals surface area (Å²) >= 11 is 2.31. The van der Waals surface area contributed by atoms with Gasteiger partial charge in [-0.1, -0.05) is 6.07 Å². The van der Waals surface area contributed by atoms with E-state index in [-0.39, 0.29) is 18.7 Å². The number of anilines is 3. The van der Waals surface area contributed by atoms with Crippen molar-refractivity contribution >= 4 is 45.6 Å². The van der Waals surface area contributed by atoms with Crippen molar-refractivity contribution in [1.29, 1.82) is 0 Å². The van der Waals surface area contributed by atoms with E-state index < -0.39 is 5.92 Å². The van der Waals surface area contributed by atoms with E-state index in [9.17, 15) is 13.6 Å². The van der Waals surface area contributed by atoms with E-state index in [1.165, 1.54) is 31.2 Å². The third-order valence-electron chi connectivity index (χ3n) is 8.47. The second-order valence-electron chi connectivity index (χ2n) is 11.0. The van der Waals surface area contributed by atoms with Gasteiger partial charge in [-0.05, 0) is 108 Å². The van der Waals surface area contributed by atoms with Gasteiger partial charge in [-0.3, -0.25) is 4.79 Å². The summed E-state index contributed by atoms with van der Waals surface area (Å²) in [6.45, 7) is 2.70. The summed E-state index contributed by atoms with van der Waals surface area (Å²) in [5, 5.41) is 3.13. The second kappa shape index (κ2) is 8.89. The number of carbonyl (C=O) groups excluding carboxylic acids is 1. The molecule has 4 aliphatic rings. The van der Waals surface area contributed by atoms with Crippen molar-refractivity contribution in [1.82, 2.24) is 0 Å². The van der Waals surface area contributed by atoms with E-state index in [0.29, 0.717) is 30.0 Å². The molecule has 4 nitrogen and oxygen atoms in total. The topological polar surface area (TPSA) is 35.6 Å². The van der Waals surface area contributed by atoms with Gasteiger partial charge in [-0.25, -0.2) is 8.78 Å². The van der Waals surface area contributed by atoms with E-state index >= 15 is 0 Å². The number of nitrogens with one attached hydrogen (secondary N) is 1. The molecule has 1 amide bonds. The van der Waals surface area contributed by atoms with Crippen LogP contribution in [0, 0.1) is 8.99 Å². The van der Waals surface area contributed by atoms with Crippen LogP contribution in [0.15, 0.2) is 36.4 Å². The predicted octanol–water partition coefficient (Wildman–Crippen LogP) is 7.04. The lowest BCUT2D eigenvalue weighted by atomic mass is 9.93. The molecule has 1 N–H and O–H groups in total. The molecule has 35 heavy (non-hydrogen) atoms. The third-order valence-corrected chi connectivity index (χ3v) is 9.14. The summed E-state index contributed by atoms with van der Waals surface area (Å²) in [5.74, 6) is -2.18. The fraction of sp³-hybridized carbons (Fsp3) is 0.536. The maximum Gasteiger partial charge on any atom is 0.257 e. The minimum Gasteiger partial charge on any atom is -0.371 e. The SMILES string of the molecule is O=C(Nc1ccc(C2CC2)c(N2CCC(F)(F)CC2)c1)c1ccc(I)cc1N1CCC2(CC1)CC2. The Kier molecular flexibility index (Phi) is 5.97. The van der Waals surface area contributed by atoms with Crippen LogP contribution in [0.25, 0.3) is 0 Å². The molecule has 0 aromatic heterocycles. The zero-order chi connectivity index (χ0) is 24.2. The summed E-state index contributed by atoms with van der Waals surface area (Å²) in [4.78, 5) is 17.9. The van der Waals surface area contributed by atoms with Crippen LogP contribution >= 0.6 is 22.6 Å². The first-order chi connectivity index (χ1) is 16.8. The van der Waals surface area contributed by atoms with Gasteiger partial charge in [0, 0.05) is 54.0 Å². The molecule has 0 atom stereocenters. The maximum absolute atomic E-state index is 13.8. The van der Waals surface area contributed by atoms with E-state index in [1.54, 1.807) is 0 Å². The summed E-state index contributed by atoms with van der Waals surface area (Å²) in [5.41, 5.74) is 5.26. The highest BCUT2D eigenvalue weighted by Gasteiger charge is 2.44. The molecular weight excluding hydrogens is 559 g/mol. The van der Waals surface area contributed by atoms with Gasteiger partial charge < -0.3 is 15.1 Å². The summed E-state index contributed by atoms with van der Waals surface area (Å²) in [6.07, 6.45) is 7.19. The van der Waals surface area contributed by atoms with E-state index in [1.807, 2.05) is 24.3 Å². The van der Waals surface area contributed by atoms with Crippen molar-refractivity contribution in [3.05, 3.63) is 51.1 Å². The van der Waals surface area contributed by atoms with Crippen LogP contribution in [-0.4, -0.2) is 38.0 Å². The normalized spacial score (nSPS) is 22.8. The lowest BCUT2D eigenvalue weighted by Gasteiger charge is -2.35. The fourth-order valence-electron chi connectivity index (χ4n) is 5.77. The van der Waals surface area contributed by atoms with E-state index in [4.69, 9.17) is 0 Å². The van der Waals surface area contributed by atoms with Gasteiger partial charge >= 0.3 is 0 Å². The van der Waals surface area contributed by atoms with Crippen LogP contribution in [0.2, 0.25) is 0 Å². The molecule has 2 aliphatic heterocycles. The second-order valence-corrected chi connectivity index (χ2v) is 12.2. The number of hydrogen-bond acceptors (Lipinski definition) is 3. The summed E-state index contributed by atoms with van der Waals surface area (Å²) in [7, 11) is 0. The average Bonchev–Trinajstić information content (AvgIpc) is 3.77. The lowest BCUT2D eigenvalue weighted by molar-refractivity contribution is -0.0220. The molecule has 2 saturated heterocycles. The Hall–Kier alpha value is -1.90. The van der Waals surface area contributed by atoms with Gasteiger partial charge in [0.1, 0.15) is 0 Å². The van der Waals surface area contributed by atoms with Crippen LogP contribution in [0.5, 0.6) is 0 Å². The largest absolute Gasteiger partial charge is 0.371 e. The average molecular weight is 591 g/mol. The number of benzene rings is 2. The Morgan fingerprint density at radius 2 is 1.51 bits per heavy atom. The number of carbonyl (C=O) groups is 1. The minimum absolute atomic E-state index is 0.113. The Morgan fingerprint density at radius 1 is 0.857 bits per heavy atom. The lowest BCUT2D eigenvalue weighted by Crippen LogP contribution is -2.39. The van der Waals surface area contributed by atoms with E-state index in [0.717, 1.165) is 46.6 Å². The Labute approximate surface area is 219 Å². The molecule has 0 unspecified atom stereocenters. The van der Waals surface area contributed by atoms with Crippen LogP contribution in [-0.2, 0) is 0 Å². The molecular formula is C28H32F2IN3O. The molecule has 0 bridgehead atoms. The van der Waals surface area contributed by atoms with Gasteiger partial charge in [0.25, 0.3) is 11.8 Å². The minimum atomic E-state index is -2.57. The van der Waals surface area contributed by atoms with Gasteiger partial charge in [-0.2, -0.15) is 0 Å². The van der Waals surface area contributed by atoms with Crippen LogP contribution in [0.4, 0.5) is 25.8 Å². The molecule has 7 heteroatoms. The molecule has 0 radical (unpaired) electrons. The number of nitrogens with zero attached hydrogens (tertiary/aromatic N) is 2. The Morgan fingerprint density at radius 3 is 2.17 bits per heavy atom. The van der Waals surface area contributed by atoms with Crippen LogP contribution < -0.4 is 15.1 Å². The zero-order valence-electron chi connectivity index (χ0n) is 20.0. The number of hydrogen-bond donors (Lipinski definition) is 1. The van der Waals surface area contributed by atoms with Gasteiger partial charge in [0.15, 0.2) is 0 Å². The zero-order valence-corrected chi connectivity index (χ0v) is 22.1. The number of halogens is 3. The molecule has 2 aromatic carbocycles. The maximum atomic E-state index is 13.8. The van der Waals surface area contributed by atoms with Crippen molar-refractivity contribution in [2.45, 2.75) is 63.2 Å². The third kappa shape index (κ3) is 5.02. The first kappa shape index (κ1) is 23.5.